The number of amides is 1. The molecule has 1 aromatic heterocycles. The van der Waals surface area contributed by atoms with Crippen LogP contribution in [0.4, 0.5) is 0 Å². The van der Waals surface area contributed by atoms with E-state index in [9.17, 15) is 15.0 Å². The summed E-state index contributed by atoms with van der Waals surface area (Å²) in [6, 6.07) is 34.2. The summed E-state index contributed by atoms with van der Waals surface area (Å²) in [6.45, 7) is 3.39. The number of aliphatic hydroxyl groups excluding tert-OH is 2. The van der Waals surface area contributed by atoms with Gasteiger partial charge in [-0.15, -0.1) is 0 Å². The van der Waals surface area contributed by atoms with Gasteiger partial charge in [-0.1, -0.05) is 66.7 Å². The van der Waals surface area contributed by atoms with E-state index < -0.39 is 6.10 Å². The van der Waals surface area contributed by atoms with Crippen molar-refractivity contribution in [1.82, 2.24) is 15.2 Å². The van der Waals surface area contributed by atoms with Crippen molar-refractivity contribution in [1.29, 1.82) is 0 Å². The lowest BCUT2D eigenvalue weighted by Crippen LogP contribution is -2.44. The molecule has 0 spiro atoms. The highest BCUT2D eigenvalue weighted by Gasteiger charge is 2.22. The summed E-state index contributed by atoms with van der Waals surface area (Å²) >= 11 is 0. The van der Waals surface area contributed by atoms with E-state index in [1.165, 1.54) is 0 Å². The molecule has 8 heteroatoms. The zero-order valence-electron chi connectivity index (χ0n) is 25.4. The molecule has 0 aliphatic rings. The normalized spacial score (nSPS) is 12.5. The molecule has 0 fully saturated rings. The molecule has 0 radical (unpaired) electrons. The Morgan fingerprint density at radius 1 is 0.867 bits per heavy atom. The monoisotopic (exact) mass is 605 g/mol. The number of hydrogen-bond acceptors (Lipinski definition) is 7. The molecule has 0 aliphatic heterocycles. The van der Waals surface area contributed by atoms with Crippen molar-refractivity contribution in [3.8, 4) is 17.2 Å². The first-order chi connectivity index (χ1) is 22.0. The third-order valence-electron chi connectivity index (χ3n) is 7.52. The van der Waals surface area contributed by atoms with Crippen LogP contribution in [0.2, 0.25) is 0 Å². The number of pyridine rings is 1. The first kappa shape index (κ1) is 31.7. The SMILES string of the molecule is CCNC(=O)c1cccc2c(Oc3ccc(C[C@@H](CO)N(Cc4ccccc4)C[C@H](O)COc4ccccc4)cc3)ccnc12. The van der Waals surface area contributed by atoms with Crippen molar-refractivity contribution in [2.45, 2.75) is 32.0 Å². The van der Waals surface area contributed by atoms with Gasteiger partial charge in [0.2, 0.25) is 0 Å². The van der Waals surface area contributed by atoms with E-state index in [0.717, 1.165) is 16.5 Å². The van der Waals surface area contributed by atoms with E-state index >= 15 is 0 Å². The average molecular weight is 606 g/mol. The Labute approximate surface area is 263 Å². The van der Waals surface area contributed by atoms with Crippen molar-refractivity contribution in [2.24, 2.45) is 0 Å². The minimum atomic E-state index is -0.748. The summed E-state index contributed by atoms with van der Waals surface area (Å²) in [4.78, 5) is 19.1. The fourth-order valence-corrected chi connectivity index (χ4v) is 5.27. The molecule has 5 rings (SSSR count). The summed E-state index contributed by atoms with van der Waals surface area (Å²) in [6.07, 6.45) is 1.47. The number of aromatic nitrogens is 1. The maximum Gasteiger partial charge on any atom is 0.253 e. The maximum atomic E-state index is 12.5. The maximum absolute atomic E-state index is 12.5. The van der Waals surface area contributed by atoms with Gasteiger partial charge in [0.1, 0.15) is 30.0 Å². The smallest absolute Gasteiger partial charge is 0.253 e. The first-order valence-corrected chi connectivity index (χ1v) is 15.2. The number of benzene rings is 4. The summed E-state index contributed by atoms with van der Waals surface area (Å²) < 4.78 is 12.0. The standard InChI is InChI=1S/C37H39N3O5/c1-2-38-37(43)34-15-9-14-33-35(20-21-39-36(33)34)45-32-18-16-27(17-19-32)22-29(25-41)40(23-28-10-5-3-6-11-28)24-30(42)26-44-31-12-7-4-8-13-31/h3-21,29-30,41-42H,2,22-26H2,1H3,(H,38,43)/t29-,30-/m0/s1. The molecular weight excluding hydrogens is 566 g/mol. The molecule has 1 heterocycles. The van der Waals surface area contributed by atoms with Crippen molar-refractivity contribution < 1.29 is 24.5 Å². The van der Waals surface area contributed by atoms with Crippen LogP contribution in [-0.2, 0) is 13.0 Å². The van der Waals surface area contributed by atoms with E-state index in [0.29, 0.717) is 54.4 Å². The Bertz CT molecular complexity index is 1650. The van der Waals surface area contributed by atoms with E-state index in [2.05, 4.69) is 15.2 Å². The highest BCUT2D eigenvalue weighted by Crippen LogP contribution is 2.30. The quantitative estimate of drug-likeness (QED) is 0.142. The molecule has 232 valence electrons. The third kappa shape index (κ3) is 8.67. The molecule has 3 N–H and O–H groups in total. The number of nitrogens with zero attached hydrogens (tertiary/aromatic N) is 2. The topological polar surface area (TPSA) is 104 Å². The van der Waals surface area contributed by atoms with Crippen molar-refractivity contribution in [3.63, 3.8) is 0 Å². The summed E-state index contributed by atoms with van der Waals surface area (Å²) in [5.74, 6) is 1.78. The number of fused-ring (bicyclic) bond motifs is 1. The number of nitrogens with one attached hydrogen (secondary N) is 1. The second kappa shape index (κ2) is 15.8. The molecular formula is C37H39N3O5. The average Bonchev–Trinajstić information content (AvgIpc) is 3.07. The van der Waals surface area contributed by atoms with Gasteiger partial charge in [0.15, 0.2) is 0 Å². The summed E-state index contributed by atoms with van der Waals surface area (Å²) in [5, 5.41) is 25.0. The van der Waals surface area contributed by atoms with Crippen LogP contribution in [0.25, 0.3) is 10.9 Å². The van der Waals surface area contributed by atoms with E-state index in [1.807, 2.05) is 104 Å². The number of rotatable bonds is 15. The largest absolute Gasteiger partial charge is 0.491 e. The van der Waals surface area contributed by atoms with Gasteiger partial charge in [-0.2, -0.15) is 0 Å². The lowest BCUT2D eigenvalue weighted by molar-refractivity contribution is 0.0335. The first-order valence-electron chi connectivity index (χ1n) is 15.2. The Balaban J connectivity index is 1.28. The molecule has 5 aromatic rings. The Hall–Kier alpha value is -4.76. The van der Waals surface area contributed by atoms with Crippen LogP contribution >= 0.6 is 0 Å². The van der Waals surface area contributed by atoms with Crippen LogP contribution in [0.3, 0.4) is 0 Å². The molecule has 4 aromatic carbocycles. The number of aliphatic hydroxyl groups is 2. The van der Waals surface area contributed by atoms with Gasteiger partial charge in [0.05, 0.1) is 17.7 Å². The number of carbonyl (C=O) groups is 1. The fourth-order valence-electron chi connectivity index (χ4n) is 5.27. The minimum Gasteiger partial charge on any atom is -0.491 e. The number of carbonyl (C=O) groups excluding carboxylic acids is 1. The fraction of sp³-hybridized carbons (Fsp3) is 0.243. The molecule has 0 bridgehead atoms. The molecule has 0 aliphatic carbocycles. The lowest BCUT2D eigenvalue weighted by Gasteiger charge is -2.32. The number of ether oxygens (including phenoxy) is 2. The van der Waals surface area contributed by atoms with E-state index in [1.54, 1.807) is 18.3 Å². The van der Waals surface area contributed by atoms with Crippen LogP contribution < -0.4 is 14.8 Å². The van der Waals surface area contributed by atoms with Crippen LogP contribution in [-0.4, -0.2) is 64.5 Å². The minimum absolute atomic E-state index is 0.0751. The summed E-state index contributed by atoms with van der Waals surface area (Å²) in [5.41, 5.74) is 3.20. The Morgan fingerprint density at radius 2 is 1.60 bits per heavy atom. The Kier molecular flexibility index (Phi) is 11.1. The van der Waals surface area contributed by atoms with Crippen molar-refractivity contribution in [2.75, 3.05) is 26.3 Å². The van der Waals surface area contributed by atoms with Gasteiger partial charge in [-0.25, -0.2) is 0 Å². The van der Waals surface area contributed by atoms with Crippen LogP contribution in [0.1, 0.15) is 28.4 Å². The van der Waals surface area contributed by atoms with Crippen LogP contribution in [0, 0.1) is 0 Å². The van der Waals surface area contributed by atoms with Gasteiger partial charge in [-0.05, 0) is 66.9 Å². The van der Waals surface area contributed by atoms with Gasteiger partial charge in [-0.3, -0.25) is 14.7 Å². The zero-order valence-corrected chi connectivity index (χ0v) is 25.4. The van der Waals surface area contributed by atoms with E-state index in [4.69, 9.17) is 9.47 Å². The molecule has 45 heavy (non-hydrogen) atoms. The third-order valence-corrected chi connectivity index (χ3v) is 7.52. The second-order valence-corrected chi connectivity index (χ2v) is 10.8. The van der Waals surface area contributed by atoms with Crippen LogP contribution in [0.5, 0.6) is 17.2 Å². The van der Waals surface area contributed by atoms with Gasteiger partial charge in [0, 0.05) is 37.3 Å². The predicted octanol–water partition coefficient (Wildman–Crippen LogP) is 5.62. The van der Waals surface area contributed by atoms with E-state index in [-0.39, 0.29) is 25.2 Å². The van der Waals surface area contributed by atoms with Gasteiger partial charge in [0.25, 0.3) is 5.91 Å². The molecule has 0 saturated heterocycles. The van der Waals surface area contributed by atoms with Gasteiger partial charge < -0.3 is 25.0 Å². The zero-order chi connectivity index (χ0) is 31.4. The van der Waals surface area contributed by atoms with Crippen molar-refractivity contribution >= 4 is 16.8 Å². The number of hydrogen-bond donors (Lipinski definition) is 3. The molecule has 1 amide bonds. The van der Waals surface area contributed by atoms with Gasteiger partial charge >= 0.3 is 0 Å². The molecule has 2 atom stereocenters. The molecule has 0 saturated carbocycles. The highest BCUT2D eigenvalue weighted by atomic mass is 16.5. The summed E-state index contributed by atoms with van der Waals surface area (Å²) in [7, 11) is 0. The number of para-hydroxylation sites is 2. The lowest BCUT2D eigenvalue weighted by atomic mass is 10.0. The second-order valence-electron chi connectivity index (χ2n) is 10.8. The predicted molar refractivity (Wildman–Crippen MR) is 176 cm³/mol. The molecule has 8 nitrogen and oxygen atoms in total. The van der Waals surface area contributed by atoms with Crippen molar-refractivity contribution in [3.05, 3.63) is 132 Å². The van der Waals surface area contributed by atoms with Crippen LogP contribution in [0.15, 0.2) is 115 Å². The molecule has 0 unspecified atom stereocenters. The highest BCUT2D eigenvalue weighted by molar-refractivity contribution is 6.06. The Morgan fingerprint density at radius 3 is 2.31 bits per heavy atom.